The lowest BCUT2D eigenvalue weighted by Crippen LogP contribution is -2.45. The van der Waals surface area contributed by atoms with Gasteiger partial charge in [-0.2, -0.15) is 0 Å². The first-order valence-electron chi connectivity index (χ1n) is 5.82. The minimum Gasteiger partial charge on any atom is -0.378 e. The molecule has 5 nitrogen and oxygen atoms in total. The van der Waals surface area contributed by atoms with Crippen LogP contribution in [0.1, 0.15) is 0 Å². The Labute approximate surface area is 112 Å². The molecule has 1 aliphatic rings. The van der Waals surface area contributed by atoms with Crippen LogP contribution in [-0.2, 0) is 14.3 Å². The maximum Gasteiger partial charge on any atom is 0.313 e. The molecule has 108 valence electrons. The molecule has 0 spiro atoms. The molecule has 1 aromatic rings. The molecular formula is C12H11F3N2O3. The number of nitrogens with zero attached hydrogens (tertiary/aromatic N) is 1. The quantitative estimate of drug-likeness (QED) is 0.617. The largest absolute Gasteiger partial charge is 0.378 e. The molecular weight excluding hydrogens is 277 g/mol. The average Bonchev–Trinajstić information content (AvgIpc) is 2.48. The van der Waals surface area contributed by atoms with Crippen LogP contribution in [0.25, 0.3) is 0 Å². The average molecular weight is 288 g/mol. The van der Waals surface area contributed by atoms with E-state index in [1.807, 2.05) is 5.32 Å². The highest BCUT2D eigenvalue weighted by molar-refractivity contribution is 6.39. The monoisotopic (exact) mass is 288 g/mol. The highest BCUT2D eigenvalue weighted by Crippen LogP contribution is 2.19. The van der Waals surface area contributed by atoms with Crippen molar-refractivity contribution in [3.63, 3.8) is 0 Å². The van der Waals surface area contributed by atoms with E-state index in [4.69, 9.17) is 4.74 Å². The van der Waals surface area contributed by atoms with E-state index in [2.05, 4.69) is 0 Å². The Morgan fingerprint density at radius 3 is 2.40 bits per heavy atom. The number of morpholine rings is 1. The molecule has 20 heavy (non-hydrogen) atoms. The van der Waals surface area contributed by atoms with Crippen LogP contribution in [-0.4, -0.2) is 43.0 Å². The van der Waals surface area contributed by atoms with Gasteiger partial charge in [-0.3, -0.25) is 9.59 Å². The lowest BCUT2D eigenvalue weighted by Gasteiger charge is -2.26. The fourth-order valence-corrected chi connectivity index (χ4v) is 1.71. The molecule has 0 saturated carbocycles. The first-order valence-corrected chi connectivity index (χ1v) is 5.82. The summed E-state index contributed by atoms with van der Waals surface area (Å²) in [5.41, 5.74) is -0.587. The van der Waals surface area contributed by atoms with Gasteiger partial charge in [-0.05, 0) is 12.1 Å². The van der Waals surface area contributed by atoms with Crippen molar-refractivity contribution >= 4 is 17.5 Å². The van der Waals surface area contributed by atoms with E-state index in [0.29, 0.717) is 19.3 Å². The van der Waals surface area contributed by atoms with Crippen LogP contribution in [0.15, 0.2) is 12.1 Å². The molecule has 1 fully saturated rings. The van der Waals surface area contributed by atoms with Crippen molar-refractivity contribution in [3.05, 3.63) is 29.6 Å². The summed E-state index contributed by atoms with van der Waals surface area (Å²) in [6, 6.07) is 1.51. The van der Waals surface area contributed by atoms with Gasteiger partial charge in [0, 0.05) is 13.1 Å². The fraction of sp³-hybridized carbons (Fsp3) is 0.333. The minimum atomic E-state index is -1.71. The molecule has 1 heterocycles. The van der Waals surface area contributed by atoms with Gasteiger partial charge in [0.25, 0.3) is 0 Å². The topological polar surface area (TPSA) is 58.6 Å². The van der Waals surface area contributed by atoms with Gasteiger partial charge in [0.05, 0.1) is 18.9 Å². The molecule has 0 bridgehead atoms. The van der Waals surface area contributed by atoms with E-state index >= 15 is 0 Å². The van der Waals surface area contributed by atoms with Crippen LogP contribution in [0.4, 0.5) is 18.9 Å². The van der Waals surface area contributed by atoms with E-state index in [-0.39, 0.29) is 13.1 Å². The second kappa shape index (κ2) is 5.91. The molecule has 0 aromatic heterocycles. The minimum absolute atomic E-state index is 0.243. The number of rotatable bonds is 1. The predicted molar refractivity (Wildman–Crippen MR) is 62.3 cm³/mol. The highest BCUT2D eigenvalue weighted by Gasteiger charge is 2.25. The molecule has 2 amide bonds. The Hall–Kier alpha value is -2.09. The van der Waals surface area contributed by atoms with Crippen LogP contribution in [0.3, 0.4) is 0 Å². The van der Waals surface area contributed by atoms with Gasteiger partial charge in [0.2, 0.25) is 0 Å². The van der Waals surface area contributed by atoms with Crippen LogP contribution in [0.2, 0.25) is 0 Å². The molecule has 0 aliphatic carbocycles. The summed E-state index contributed by atoms with van der Waals surface area (Å²) in [5, 5.41) is 1.92. The molecule has 8 heteroatoms. The van der Waals surface area contributed by atoms with Crippen molar-refractivity contribution in [1.82, 2.24) is 4.90 Å². The van der Waals surface area contributed by atoms with Crippen molar-refractivity contribution in [2.75, 3.05) is 31.6 Å². The van der Waals surface area contributed by atoms with Crippen LogP contribution in [0.5, 0.6) is 0 Å². The summed E-state index contributed by atoms with van der Waals surface area (Å²) >= 11 is 0. The molecule has 2 rings (SSSR count). The Morgan fingerprint density at radius 2 is 1.75 bits per heavy atom. The second-order valence-electron chi connectivity index (χ2n) is 4.08. The maximum absolute atomic E-state index is 13.4. The first kappa shape index (κ1) is 14.3. The van der Waals surface area contributed by atoms with Gasteiger partial charge in [-0.25, -0.2) is 13.2 Å². The van der Waals surface area contributed by atoms with Crippen LogP contribution in [0, 0.1) is 17.5 Å². The number of benzene rings is 1. The number of carbonyl (C=O) groups is 2. The Morgan fingerprint density at radius 1 is 1.10 bits per heavy atom. The smallest absolute Gasteiger partial charge is 0.313 e. The Balaban J connectivity index is 2.07. The standard InChI is InChI=1S/C12H11F3N2O3/c13-7-1-2-8(10(15)9(7)14)16-11(18)12(19)17-3-5-20-6-4-17/h1-2H,3-6H2,(H,16,18). The number of amides is 2. The van der Waals surface area contributed by atoms with Crippen molar-refractivity contribution in [1.29, 1.82) is 0 Å². The molecule has 0 atom stereocenters. The van der Waals surface area contributed by atoms with Gasteiger partial charge in [0.15, 0.2) is 17.5 Å². The van der Waals surface area contributed by atoms with E-state index in [1.165, 1.54) is 4.90 Å². The molecule has 1 N–H and O–H groups in total. The van der Waals surface area contributed by atoms with Crippen molar-refractivity contribution in [2.24, 2.45) is 0 Å². The second-order valence-corrected chi connectivity index (χ2v) is 4.08. The van der Waals surface area contributed by atoms with Gasteiger partial charge in [-0.15, -0.1) is 0 Å². The highest BCUT2D eigenvalue weighted by atomic mass is 19.2. The third-order valence-corrected chi connectivity index (χ3v) is 2.78. The number of hydrogen-bond donors (Lipinski definition) is 1. The molecule has 0 unspecified atom stereocenters. The lowest BCUT2D eigenvalue weighted by atomic mass is 10.2. The number of ether oxygens (including phenoxy) is 1. The zero-order chi connectivity index (χ0) is 14.7. The molecule has 1 aliphatic heterocycles. The normalized spacial score (nSPS) is 15.1. The summed E-state index contributed by atoms with van der Waals surface area (Å²) < 4.78 is 44.1. The summed E-state index contributed by atoms with van der Waals surface area (Å²) in [4.78, 5) is 24.6. The van der Waals surface area contributed by atoms with Gasteiger partial charge in [-0.1, -0.05) is 0 Å². The summed E-state index contributed by atoms with van der Waals surface area (Å²) in [6.45, 7) is 1.09. The lowest BCUT2D eigenvalue weighted by molar-refractivity contribution is -0.145. The van der Waals surface area contributed by atoms with Crippen LogP contribution >= 0.6 is 0 Å². The number of halogens is 3. The summed E-state index contributed by atoms with van der Waals surface area (Å²) in [7, 11) is 0. The van der Waals surface area contributed by atoms with E-state index < -0.39 is 35.0 Å². The number of hydrogen-bond acceptors (Lipinski definition) is 3. The number of anilines is 1. The summed E-state index contributed by atoms with van der Waals surface area (Å²) in [5.74, 6) is -6.62. The zero-order valence-electron chi connectivity index (χ0n) is 10.3. The van der Waals surface area contributed by atoms with Crippen LogP contribution < -0.4 is 5.32 Å². The molecule has 0 radical (unpaired) electrons. The van der Waals surface area contributed by atoms with Gasteiger partial charge < -0.3 is 15.0 Å². The predicted octanol–water partition coefficient (Wildman–Crippen LogP) is 0.901. The third kappa shape index (κ3) is 2.90. The van der Waals surface area contributed by atoms with Crippen molar-refractivity contribution in [2.45, 2.75) is 0 Å². The maximum atomic E-state index is 13.4. The molecule has 1 saturated heterocycles. The molecule has 1 aromatic carbocycles. The van der Waals surface area contributed by atoms with Gasteiger partial charge >= 0.3 is 11.8 Å². The Kier molecular flexibility index (Phi) is 4.23. The van der Waals surface area contributed by atoms with Crippen molar-refractivity contribution in [3.8, 4) is 0 Å². The Bertz CT molecular complexity index is 545. The first-order chi connectivity index (χ1) is 9.50. The number of carbonyl (C=O) groups excluding carboxylic acids is 2. The van der Waals surface area contributed by atoms with Gasteiger partial charge in [0.1, 0.15) is 0 Å². The summed E-state index contributed by atoms with van der Waals surface area (Å²) in [6.07, 6.45) is 0. The SMILES string of the molecule is O=C(Nc1ccc(F)c(F)c1F)C(=O)N1CCOCC1. The van der Waals surface area contributed by atoms with E-state index in [9.17, 15) is 22.8 Å². The zero-order valence-corrected chi connectivity index (χ0v) is 10.3. The van der Waals surface area contributed by atoms with E-state index in [0.717, 1.165) is 6.07 Å². The fourth-order valence-electron chi connectivity index (χ4n) is 1.71. The van der Waals surface area contributed by atoms with Crippen molar-refractivity contribution < 1.29 is 27.5 Å². The third-order valence-electron chi connectivity index (χ3n) is 2.78. The number of nitrogens with one attached hydrogen (secondary N) is 1. The van der Waals surface area contributed by atoms with E-state index in [1.54, 1.807) is 0 Å².